The molecule has 0 radical (unpaired) electrons. The lowest BCUT2D eigenvalue weighted by Crippen LogP contribution is -2.26. The fourth-order valence-corrected chi connectivity index (χ4v) is 11.9. The van der Waals surface area contributed by atoms with Crippen molar-refractivity contribution in [1.82, 2.24) is 4.57 Å². The average molecular weight is 810 g/mol. The highest BCUT2D eigenvalue weighted by atomic mass is 15.0. The lowest BCUT2D eigenvalue weighted by Gasteiger charge is -2.31. The first-order valence-electron chi connectivity index (χ1n) is 22.3. The number of nitrogens with zero attached hydrogens (tertiary/aromatic N) is 1. The zero-order chi connectivity index (χ0) is 41.9. The summed E-state index contributed by atoms with van der Waals surface area (Å²) >= 11 is 0. The smallest absolute Gasteiger partial charge is 0.0746 e. The minimum Gasteiger partial charge on any atom is -0.309 e. The third-order valence-electron chi connectivity index (χ3n) is 14.4. The summed E-state index contributed by atoms with van der Waals surface area (Å²) in [5, 5.41) is 7.56. The van der Waals surface area contributed by atoms with Crippen molar-refractivity contribution in [2.45, 2.75) is 5.41 Å². The number of fused-ring (bicyclic) bond motifs is 16. The SMILES string of the molecule is c1ccc(-c2ccc3c(c2)c2ccc4c(c2n3-c2ccc(-c3c5ccccc5c(-c5ccccc5)c5ccccc35)cc2)C2(c3ccccc3-c3ccccc32)c2ccccc2-4)cc1. The van der Waals surface area contributed by atoms with E-state index < -0.39 is 5.41 Å². The molecular weight excluding hydrogens is 771 g/mol. The van der Waals surface area contributed by atoms with Gasteiger partial charge in [0.2, 0.25) is 0 Å². The monoisotopic (exact) mass is 809 g/mol. The molecule has 1 aromatic heterocycles. The van der Waals surface area contributed by atoms with Crippen LogP contribution in [0.5, 0.6) is 0 Å². The summed E-state index contributed by atoms with van der Waals surface area (Å²) in [4.78, 5) is 0. The highest BCUT2D eigenvalue weighted by Gasteiger charge is 2.53. The number of hydrogen-bond acceptors (Lipinski definition) is 0. The van der Waals surface area contributed by atoms with Crippen LogP contribution in [0.25, 0.3) is 105 Å². The number of rotatable bonds is 4. The van der Waals surface area contributed by atoms with Crippen LogP contribution < -0.4 is 0 Å². The van der Waals surface area contributed by atoms with Gasteiger partial charge < -0.3 is 4.57 Å². The van der Waals surface area contributed by atoms with E-state index in [1.54, 1.807) is 0 Å². The van der Waals surface area contributed by atoms with Crippen molar-refractivity contribution >= 4 is 43.4 Å². The van der Waals surface area contributed by atoms with Crippen LogP contribution in [-0.4, -0.2) is 4.57 Å². The van der Waals surface area contributed by atoms with Crippen molar-refractivity contribution in [2.75, 3.05) is 0 Å². The predicted octanol–water partition coefficient (Wildman–Crippen LogP) is 16.4. The van der Waals surface area contributed by atoms with E-state index in [0.29, 0.717) is 0 Å². The molecule has 2 aliphatic carbocycles. The van der Waals surface area contributed by atoms with Gasteiger partial charge in [0.25, 0.3) is 0 Å². The first-order valence-corrected chi connectivity index (χ1v) is 22.3. The van der Waals surface area contributed by atoms with E-state index in [1.807, 2.05) is 0 Å². The second kappa shape index (κ2) is 13.4. The molecule has 0 saturated heterocycles. The second-order valence-corrected chi connectivity index (χ2v) is 17.5. The van der Waals surface area contributed by atoms with Gasteiger partial charge in [0.15, 0.2) is 0 Å². The van der Waals surface area contributed by atoms with Gasteiger partial charge in [-0.1, -0.05) is 212 Å². The highest BCUT2D eigenvalue weighted by molar-refractivity contribution is 6.21. The molecule has 14 rings (SSSR count). The third-order valence-corrected chi connectivity index (χ3v) is 14.4. The molecule has 0 amide bonds. The van der Waals surface area contributed by atoms with Crippen LogP contribution in [0.2, 0.25) is 0 Å². The largest absolute Gasteiger partial charge is 0.309 e. The summed E-state index contributed by atoms with van der Waals surface area (Å²) in [5.74, 6) is 0. The minimum atomic E-state index is -0.495. The number of benzene rings is 11. The molecular formula is C63H39N. The van der Waals surface area contributed by atoms with Crippen molar-refractivity contribution in [3.63, 3.8) is 0 Å². The van der Waals surface area contributed by atoms with E-state index in [1.165, 1.54) is 121 Å². The van der Waals surface area contributed by atoms with Crippen LogP contribution in [-0.2, 0) is 5.41 Å². The van der Waals surface area contributed by atoms with Gasteiger partial charge >= 0.3 is 0 Å². The number of aromatic nitrogens is 1. The molecule has 1 nitrogen and oxygen atoms in total. The molecule has 0 aliphatic heterocycles. The Bertz CT molecular complexity index is 3750. The van der Waals surface area contributed by atoms with Gasteiger partial charge in [-0.15, -0.1) is 0 Å². The van der Waals surface area contributed by atoms with Crippen molar-refractivity contribution in [3.8, 4) is 61.3 Å². The molecule has 1 heteroatoms. The lowest BCUT2D eigenvalue weighted by atomic mass is 9.70. The van der Waals surface area contributed by atoms with Crippen LogP contribution in [0.4, 0.5) is 0 Å². The van der Waals surface area contributed by atoms with Gasteiger partial charge in [-0.05, 0) is 118 Å². The zero-order valence-electron chi connectivity index (χ0n) is 35.0. The van der Waals surface area contributed by atoms with Crippen molar-refractivity contribution < 1.29 is 0 Å². The quantitative estimate of drug-likeness (QED) is 0.156. The Hall–Kier alpha value is -8.26. The molecule has 0 fully saturated rings. The Morgan fingerprint density at radius 2 is 0.719 bits per heavy atom. The molecule has 0 atom stereocenters. The van der Waals surface area contributed by atoms with E-state index >= 15 is 0 Å². The molecule has 1 heterocycles. The Kier molecular flexibility index (Phi) is 7.38. The molecule has 296 valence electrons. The van der Waals surface area contributed by atoms with Gasteiger partial charge in [0.1, 0.15) is 0 Å². The summed E-state index contributed by atoms with van der Waals surface area (Å²) in [5.41, 5.74) is 21.2. The Balaban J connectivity index is 1.07. The fourth-order valence-electron chi connectivity index (χ4n) is 11.9. The summed E-state index contributed by atoms with van der Waals surface area (Å²) in [6, 6.07) is 88.3. The van der Waals surface area contributed by atoms with E-state index in [2.05, 4.69) is 241 Å². The maximum Gasteiger partial charge on any atom is 0.0746 e. The normalized spacial score (nSPS) is 13.1. The Morgan fingerprint density at radius 1 is 0.281 bits per heavy atom. The Morgan fingerprint density at radius 3 is 1.27 bits per heavy atom. The molecule has 64 heavy (non-hydrogen) atoms. The van der Waals surface area contributed by atoms with Gasteiger partial charge in [-0.3, -0.25) is 0 Å². The molecule has 12 aromatic rings. The van der Waals surface area contributed by atoms with Crippen molar-refractivity contribution in [2.24, 2.45) is 0 Å². The van der Waals surface area contributed by atoms with E-state index in [0.717, 1.165) is 5.69 Å². The molecule has 1 spiro atoms. The maximum absolute atomic E-state index is 2.58. The summed E-state index contributed by atoms with van der Waals surface area (Å²) in [7, 11) is 0. The van der Waals surface area contributed by atoms with Crippen LogP contribution in [0.3, 0.4) is 0 Å². The molecule has 0 N–H and O–H groups in total. The van der Waals surface area contributed by atoms with Crippen LogP contribution >= 0.6 is 0 Å². The van der Waals surface area contributed by atoms with Gasteiger partial charge in [0, 0.05) is 22.0 Å². The topological polar surface area (TPSA) is 4.93 Å². The Labute approximate surface area is 371 Å². The first-order chi connectivity index (χ1) is 31.8. The lowest BCUT2D eigenvalue weighted by molar-refractivity contribution is 0.797. The van der Waals surface area contributed by atoms with Crippen molar-refractivity contribution in [3.05, 3.63) is 259 Å². The third kappa shape index (κ3) is 4.68. The molecule has 0 bridgehead atoms. The molecule has 0 saturated carbocycles. The molecule has 11 aromatic carbocycles. The van der Waals surface area contributed by atoms with E-state index in [9.17, 15) is 0 Å². The summed E-state index contributed by atoms with van der Waals surface area (Å²) < 4.78 is 2.58. The van der Waals surface area contributed by atoms with Crippen molar-refractivity contribution in [1.29, 1.82) is 0 Å². The standard InChI is InChI=1S/C63H39N/c1-3-17-40(18-4-1)43-33-38-58-54(39-43)53-37-36-52-47-23-13-16-30-57(47)63(55-28-14-11-21-45(55)46-22-12-15-29-56(46)63)61(52)62(53)64(58)44-34-31-42(32-35-44)60-50-26-9-7-24-48(50)59(41-19-5-2-6-20-41)49-25-8-10-27-51(49)60/h1-39H. The van der Waals surface area contributed by atoms with Crippen LogP contribution in [0, 0.1) is 0 Å². The first kappa shape index (κ1) is 35.3. The van der Waals surface area contributed by atoms with E-state index in [-0.39, 0.29) is 0 Å². The van der Waals surface area contributed by atoms with Gasteiger partial charge in [0.05, 0.1) is 16.4 Å². The van der Waals surface area contributed by atoms with Gasteiger partial charge in [-0.25, -0.2) is 0 Å². The number of hydrogen-bond donors (Lipinski definition) is 0. The predicted molar refractivity (Wildman–Crippen MR) is 268 cm³/mol. The maximum atomic E-state index is 2.58. The molecule has 2 aliphatic rings. The zero-order valence-corrected chi connectivity index (χ0v) is 35.0. The van der Waals surface area contributed by atoms with Gasteiger partial charge in [-0.2, -0.15) is 0 Å². The average Bonchev–Trinajstić information content (AvgIpc) is 3.98. The summed E-state index contributed by atoms with van der Waals surface area (Å²) in [6.45, 7) is 0. The van der Waals surface area contributed by atoms with Crippen LogP contribution in [0.15, 0.2) is 237 Å². The fraction of sp³-hybridized carbons (Fsp3) is 0.0159. The van der Waals surface area contributed by atoms with Crippen LogP contribution in [0.1, 0.15) is 22.3 Å². The van der Waals surface area contributed by atoms with E-state index in [4.69, 9.17) is 0 Å². The summed E-state index contributed by atoms with van der Waals surface area (Å²) in [6.07, 6.45) is 0. The molecule has 0 unspecified atom stereocenters. The minimum absolute atomic E-state index is 0.495. The second-order valence-electron chi connectivity index (χ2n) is 17.5. The highest BCUT2D eigenvalue weighted by Crippen LogP contribution is 2.64.